The highest BCUT2D eigenvalue weighted by Crippen LogP contribution is 2.37. The third-order valence-electron chi connectivity index (χ3n) is 4.25. The monoisotopic (exact) mass is 396 g/mol. The van der Waals surface area contributed by atoms with Crippen molar-refractivity contribution >= 4 is 23.4 Å². The normalized spacial score (nSPS) is 13.2. The summed E-state index contributed by atoms with van der Waals surface area (Å²) in [6.45, 7) is 0. The Kier molecular flexibility index (Phi) is 5.48. The lowest BCUT2D eigenvalue weighted by Crippen LogP contribution is -2.14. The number of anilines is 1. The van der Waals surface area contributed by atoms with E-state index in [-0.39, 0.29) is 11.7 Å². The van der Waals surface area contributed by atoms with Crippen LogP contribution >= 0.6 is 11.8 Å². The molecule has 1 amide bonds. The molecular weight excluding hydrogens is 376 g/mol. The van der Waals surface area contributed by atoms with Crippen molar-refractivity contribution in [3.63, 3.8) is 0 Å². The number of nitrogens with zero attached hydrogens (tertiary/aromatic N) is 3. The van der Waals surface area contributed by atoms with Crippen LogP contribution in [0.1, 0.15) is 18.9 Å². The lowest BCUT2D eigenvalue weighted by atomic mass is 10.3. The summed E-state index contributed by atoms with van der Waals surface area (Å²) in [7, 11) is 1.60. The zero-order chi connectivity index (χ0) is 19.3. The minimum atomic E-state index is -0.0891. The molecule has 0 spiro atoms. The van der Waals surface area contributed by atoms with Crippen LogP contribution in [0, 0.1) is 0 Å². The number of carbonyl (C=O) groups is 1. The number of amides is 1. The second-order valence-electron chi connectivity index (χ2n) is 6.37. The fraction of sp³-hybridized carbons (Fsp3) is 0.250. The number of nitrogens with one attached hydrogen (secondary N) is 1. The van der Waals surface area contributed by atoms with Gasteiger partial charge in [-0.15, -0.1) is 10.2 Å². The molecule has 0 aliphatic heterocycles. The van der Waals surface area contributed by atoms with Gasteiger partial charge in [-0.2, -0.15) is 0 Å². The van der Waals surface area contributed by atoms with Crippen LogP contribution in [0.15, 0.2) is 60.0 Å². The van der Waals surface area contributed by atoms with Crippen LogP contribution in [0.25, 0.3) is 0 Å². The van der Waals surface area contributed by atoms with Crippen LogP contribution in [-0.2, 0) is 4.79 Å². The number of carbonyl (C=O) groups excluding carboxylic acids is 1. The Labute approximate surface area is 167 Å². The van der Waals surface area contributed by atoms with Gasteiger partial charge in [0.25, 0.3) is 0 Å². The van der Waals surface area contributed by atoms with Gasteiger partial charge in [-0.25, -0.2) is 0 Å². The predicted molar refractivity (Wildman–Crippen MR) is 107 cm³/mol. The van der Waals surface area contributed by atoms with E-state index < -0.39 is 0 Å². The van der Waals surface area contributed by atoms with E-state index in [2.05, 4.69) is 15.5 Å². The van der Waals surface area contributed by atoms with Crippen molar-refractivity contribution in [2.24, 2.45) is 0 Å². The molecule has 4 rings (SSSR count). The fourth-order valence-corrected chi connectivity index (χ4v) is 3.48. The van der Waals surface area contributed by atoms with E-state index >= 15 is 0 Å². The first kappa shape index (κ1) is 18.4. The SMILES string of the molecule is COc1ccccc1Oc1ccc(NC(=O)CSc2nncn2C2CC2)cc1. The maximum absolute atomic E-state index is 12.2. The van der Waals surface area contributed by atoms with Crippen molar-refractivity contribution in [2.75, 3.05) is 18.2 Å². The highest BCUT2D eigenvalue weighted by molar-refractivity contribution is 7.99. The molecule has 144 valence electrons. The quantitative estimate of drug-likeness (QED) is 0.577. The maximum atomic E-state index is 12.2. The summed E-state index contributed by atoms with van der Waals surface area (Å²) in [6, 6.07) is 15.2. The Hall–Kier alpha value is -3.00. The molecule has 1 aliphatic carbocycles. The number of methoxy groups -OCH3 is 1. The molecule has 0 bridgehead atoms. The van der Waals surface area contributed by atoms with Gasteiger partial charge in [0.1, 0.15) is 12.1 Å². The smallest absolute Gasteiger partial charge is 0.234 e. The average molecular weight is 396 g/mol. The first-order valence-corrected chi connectivity index (χ1v) is 9.94. The van der Waals surface area contributed by atoms with Gasteiger partial charge in [-0.1, -0.05) is 23.9 Å². The molecule has 1 heterocycles. The van der Waals surface area contributed by atoms with E-state index in [1.165, 1.54) is 11.8 Å². The zero-order valence-corrected chi connectivity index (χ0v) is 16.2. The van der Waals surface area contributed by atoms with Gasteiger partial charge in [0, 0.05) is 11.7 Å². The van der Waals surface area contributed by atoms with Gasteiger partial charge >= 0.3 is 0 Å². The zero-order valence-electron chi connectivity index (χ0n) is 15.4. The molecule has 2 aromatic carbocycles. The number of rotatable bonds is 8. The highest BCUT2D eigenvalue weighted by atomic mass is 32.2. The summed E-state index contributed by atoms with van der Waals surface area (Å²) in [4.78, 5) is 12.2. The molecule has 1 saturated carbocycles. The molecule has 1 aliphatic rings. The lowest BCUT2D eigenvalue weighted by Gasteiger charge is -2.11. The van der Waals surface area contributed by atoms with Gasteiger partial charge in [-0.05, 0) is 49.2 Å². The van der Waals surface area contributed by atoms with E-state index in [4.69, 9.17) is 9.47 Å². The Morgan fingerprint density at radius 1 is 1.18 bits per heavy atom. The number of hydrogen-bond donors (Lipinski definition) is 1. The molecule has 7 nitrogen and oxygen atoms in total. The molecular formula is C20H20N4O3S. The average Bonchev–Trinajstić information content (AvgIpc) is 3.46. The van der Waals surface area contributed by atoms with Gasteiger partial charge in [0.05, 0.1) is 12.9 Å². The second kappa shape index (κ2) is 8.35. The number of benzene rings is 2. The van der Waals surface area contributed by atoms with Crippen LogP contribution < -0.4 is 14.8 Å². The van der Waals surface area contributed by atoms with Crippen LogP contribution in [0.3, 0.4) is 0 Å². The Morgan fingerprint density at radius 2 is 1.93 bits per heavy atom. The standard InChI is InChI=1S/C20H20N4O3S/c1-26-17-4-2-3-5-18(17)27-16-10-6-14(7-11-16)22-19(25)12-28-20-23-21-13-24(20)15-8-9-15/h2-7,10-11,13,15H,8-9,12H2,1H3,(H,22,25). The number of hydrogen-bond acceptors (Lipinski definition) is 6. The van der Waals surface area contributed by atoms with E-state index in [0.717, 1.165) is 18.0 Å². The number of ether oxygens (including phenoxy) is 2. The van der Waals surface area contributed by atoms with Gasteiger partial charge in [-0.3, -0.25) is 4.79 Å². The van der Waals surface area contributed by atoms with Crippen LogP contribution in [0.5, 0.6) is 17.2 Å². The lowest BCUT2D eigenvalue weighted by molar-refractivity contribution is -0.113. The van der Waals surface area contributed by atoms with E-state index in [1.807, 2.05) is 28.8 Å². The molecule has 8 heteroatoms. The molecule has 1 aromatic heterocycles. The Morgan fingerprint density at radius 3 is 2.64 bits per heavy atom. The summed E-state index contributed by atoms with van der Waals surface area (Å²) >= 11 is 1.40. The molecule has 1 N–H and O–H groups in total. The molecule has 28 heavy (non-hydrogen) atoms. The van der Waals surface area contributed by atoms with Crippen molar-refractivity contribution in [2.45, 2.75) is 24.0 Å². The second-order valence-corrected chi connectivity index (χ2v) is 7.31. The summed E-state index contributed by atoms with van der Waals surface area (Å²) in [5, 5.41) is 11.7. The van der Waals surface area contributed by atoms with Crippen molar-refractivity contribution in [1.82, 2.24) is 14.8 Å². The number of aromatic nitrogens is 3. The molecule has 1 fully saturated rings. The molecule has 0 saturated heterocycles. The largest absolute Gasteiger partial charge is 0.493 e. The Balaban J connectivity index is 1.31. The van der Waals surface area contributed by atoms with Crippen LogP contribution in [-0.4, -0.2) is 33.5 Å². The summed E-state index contributed by atoms with van der Waals surface area (Å²) in [6.07, 6.45) is 4.04. The first-order valence-electron chi connectivity index (χ1n) is 8.96. The minimum absolute atomic E-state index is 0.0891. The minimum Gasteiger partial charge on any atom is -0.493 e. The summed E-state index contributed by atoms with van der Waals surface area (Å²) in [5.41, 5.74) is 0.710. The topological polar surface area (TPSA) is 78.3 Å². The number of para-hydroxylation sites is 2. The van der Waals surface area contributed by atoms with Gasteiger partial charge < -0.3 is 19.4 Å². The molecule has 0 atom stereocenters. The van der Waals surface area contributed by atoms with E-state index in [0.29, 0.717) is 29.0 Å². The summed E-state index contributed by atoms with van der Waals surface area (Å²) in [5.74, 6) is 2.15. The Bertz CT molecular complexity index is 954. The van der Waals surface area contributed by atoms with E-state index in [1.54, 1.807) is 37.7 Å². The predicted octanol–water partition coefficient (Wildman–Crippen LogP) is 4.14. The maximum Gasteiger partial charge on any atom is 0.234 e. The van der Waals surface area contributed by atoms with Crippen LogP contribution in [0.2, 0.25) is 0 Å². The number of thioether (sulfide) groups is 1. The van der Waals surface area contributed by atoms with E-state index in [9.17, 15) is 4.79 Å². The first-order chi connectivity index (χ1) is 13.7. The summed E-state index contributed by atoms with van der Waals surface area (Å²) < 4.78 is 13.2. The van der Waals surface area contributed by atoms with Gasteiger partial charge in [0.2, 0.25) is 5.91 Å². The van der Waals surface area contributed by atoms with Crippen molar-refractivity contribution < 1.29 is 14.3 Å². The third kappa shape index (κ3) is 4.45. The van der Waals surface area contributed by atoms with Crippen molar-refractivity contribution in [3.05, 3.63) is 54.9 Å². The van der Waals surface area contributed by atoms with Crippen molar-refractivity contribution in [1.29, 1.82) is 0 Å². The molecule has 3 aromatic rings. The van der Waals surface area contributed by atoms with Crippen molar-refractivity contribution in [3.8, 4) is 17.2 Å². The van der Waals surface area contributed by atoms with Crippen LogP contribution in [0.4, 0.5) is 5.69 Å². The highest BCUT2D eigenvalue weighted by Gasteiger charge is 2.26. The molecule has 0 unspecified atom stereocenters. The molecule has 0 radical (unpaired) electrons. The third-order valence-corrected chi connectivity index (χ3v) is 5.20. The van der Waals surface area contributed by atoms with Gasteiger partial charge in [0.15, 0.2) is 16.7 Å². The fourth-order valence-electron chi connectivity index (χ4n) is 2.70.